The number of carbonyl (C=O) groups is 1. The maximum atomic E-state index is 11.9. The van der Waals surface area contributed by atoms with Crippen LogP contribution in [0.1, 0.15) is 27.2 Å². The Morgan fingerprint density at radius 3 is 2.65 bits per heavy atom. The summed E-state index contributed by atoms with van der Waals surface area (Å²) in [7, 11) is 1.89. The first kappa shape index (κ1) is 13.9. The first-order valence-electron chi connectivity index (χ1n) is 5.57. The van der Waals surface area contributed by atoms with E-state index in [9.17, 15) is 4.79 Å². The van der Waals surface area contributed by atoms with Crippen molar-refractivity contribution in [1.29, 1.82) is 5.26 Å². The molecule has 1 saturated heterocycles. The Balaban J connectivity index is 2.94. The molecular weight excluding hydrogens is 236 g/mol. The standard InChI is InChI=1S/C12H18N2O2S/c1-12(2,3)16-11(15)9(8-13)10-14(4)6-5-7-17-10/h5-7H2,1-4H3/b10-9-. The van der Waals surface area contributed by atoms with Crippen LogP contribution in [-0.2, 0) is 9.53 Å². The number of ether oxygens (including phenoxy) is 1. The van der Waals surface area contributed by atoms with Crippen LogP contribution in [0.5, 0.6) is 0 Å². The molecule has 0 atom stereocenters. The minimum absolute atomic E-state index is 0.118. The topological polar surface area (TPSA) is 53.3 Å². The summed E-state index contributed by atoms with van der Waals surface area (Å²) in [6.07, 6.45) is 1.07. The third-order valence-electron chi connectivity index (χ3n) is 2.15. The van der Waals surface area contributed by atoms with Gasteiger partial charge in [-0.25, -0.2) is 4.79 Å². The zero-order valence-corrected chi connectivity index (χ0v) is 11.6. The van der Waals surface area contributed by atoms with Gasteiger partial charge >= 0.3 is 5.97 Å². The van der Waals surface area contributed by atoms with Crippen LogP contribution in [0.4, 0.5) is 0 Å². The van der Waals surface area contributed by atoms with E-state index in [1.807, 2.05) is 18.0 Å². The summed E-state index contributed by atoms with van der Waals surface area (Å²) in [6, 6.07) is 1.97. The average molecular weight is 254 g/mol. The van der Waals surface area contributed by atoms with E-state index in [1.54, 1.807) is 32.5 Å². The summed E-state index contributed by atoms with van der Waals surface area (Å²) >= 11 is 1.54. The fourth-order valence-corrected chi connectivity index (χ4v) is 2.51. The van der Waals surface area contributed by atoms with Gasteiger partial charge < -0.3 is 9.64 Å². The van der Waals surface area contributed by atoms with Gasteiger partial charge in [-0.2, -0.15) is 5.26 Å². The number of nitriles is 1. The third-order valence-corrected chi connectivity index (χ3v) is 3.43. The lowest BCUT2D eigenvalue weighted by Gasteiger charge is -2.28. The highest BCUT2D eigenvalue weighted by molar-refractivity contribution is 8.03. The van der Waals surface area contributed by atoms with Crippen molar-refractivity contribution in [3.05, 3.63) is 10.6 Å². The van der Waals surface area contributed by atoms with E-state index in [0.717, 1.165) is 23.7 Å². The van der Waals surface area contributed by atoms with Crippen LogP contribution >= 0.6 is 11.8 Å². The van der Waals surface area contributed by atoms with Crippen LogP contribution < -0.4 is 0 Å². The Hall–Kier alpha value is -1.15. The summed E-state index contributed by atoms with van der Waals surface area (Å²) in [4.78, 5) is 13.8. The molecule has 4 nitrogen and oxygen atoms in total. The van der Waals surface area contributed by atoms with Crippen molar-refractivity contribution in [2.45, 2.75) is 32.8 Å². The van der Waals surface area contributed by atoms with E-state index in [0.29, 0.717) is 0 Å². The number of carbonyl (C=O) groups excluding carboxylic acids is 1. The minimum Gasteiger partial charge on any atom is -0.456 e. The number of rotatable bonds is 1. The van der Waals surface area contributed by atoms with Crippen LogP contribution in [0.3, 0.4) is 0 Å². The number of thioether (sulfide) groups is 1. The summed E-state index contributed by atoms with van der Waals surface area (Å²) in [5.41, 5.74) is -0.454. The molecule has 0 spiro atoms. The average Bonchev–Trinajstić information content (AvgIpc) is 2.19. The maximum absolute atomic E-state index is 11.9. The second-order valence-corrected chi connectivity index (χ2v) is 6.00. The normalized spacial score (nSPS) is 19.6. The van der Waals surface area contributed by atoms with Crippen LogP contribution in [0, 0.1) is 11.3 Å². The zero-order valence-electron chi connectivity index (χ0n) is 10.7. The molecule has 0 saturated carbocycles. The van der Waals surface area contributed by atoms with Crippen LogP contribution in [-0.4, -0.2) is 35.8 Å². The van der Waals surface area contributed by atoms with E-state index >= 15 is 0 Å². The van der Waals surface area contributed by atoms with Crippen molar-refractivity contribution >= 4 is 17.7 Å². The van der Waals surface area contributed by atoms with Gasteiger partial charge in [-0.3, -0.25) is 0 Å². The smallest absolute Gasteiger partial charge is 0.352 e. The van der Waals surface area contributed by atoms with Gasteiger partial charge in [0.1, 0.15) is 11.7 Å². The number of esters is 1. The lowest BCUT2D eigenvalue weighted by atomic mass is 10.2. The largest absolute Gasteiger partial charge is 0.456 e. The molecule has 5 heteroatoms. The van der Waals surface area contributed by atoms with E-state index < -0.39 is 11.6 Å². The molecule has 0 bridgehead atoms. The van der Waals surface area contributed by atoms with Crippen LogP contribution in [0.25, 0.3) is 0 Å². The van der Waals surface area contributed by atoms with Crippen LogP contribution in [0.2, 0.25) is 0 Å². The molecule has 1 heterocycles. The molecule has 0 aromatic rings. The highest BCUT2D eigenvalue weighted by Gasteiger charge is 2.26. The molecule has 0 N–H and O–H groups in total. The maximum Gasteiger partial charge on any atom is 0.352 e. The Bertz CT molecular complexity index is 377. The van der Waals surface area contributed by atoms with E-state index in [-0.39, 0.29) is 5.57 Å². The first-order valence-corrected chi connectivity index (χ1v) is 6.55. The Kier molecular flexibility index (Phi) is 4.47. The van der Waals surface area contributed by atoms with Gasteiger partial charge in [-0.15, -0.1) is 11.8 Å². The third kappa shape index (κ3) is 3.97. The predicted molar refractivity (Wildman–Crippen MR) is 68.2 cm³/mol. The summed E-state index contributed by atoms with van der Waals surface area (Å²) in [5.74, 6) is 0.407. The predicted octanol–water partition coefficient (Wildman–Crippen LogP) is 2.13. The van der Waals surface area contributed by atoms with Gasteiger partial charge in [0.15, 0.2) is 5.57 Å². The first-order chi connectivity index (χ1) is 7.85. The monoisotopic (exact) mass is 254 g/mol. The second-order valence-electron chi connectivity index (χ2n) is 4.92. The summed E-state index contributed by atoms with van der Waals surface area (Å²) in [5, 5.41) is 9.84. The Labute approximate surface area is 107 Å². The molecule has 0 aromatic heterocycles. The highest BCUT2D eigenvalue weighted by atomic mass is 32.2. The van der Waals surface area contributed by atoms with Gasteiger partial charge in [0.05, 0.1) is 5.03 Å². The quantitative estimate of drug-likeness (QED) is 0.407. The molecule has 0 aromatic carbocycles. The van der Waals surface area contributed by atoms with Crippen molar-refractivity contribution in [2.24, 2.45) is 0 Å². The molecule has 1 aliphatic rings. The molecule has 0 aliphatic carbocycles. The highest BCUT2D eigenvalue weighted by Crippen LogP contribution is 2.29. The minimum atomic E-state index is -0.572. The molecule has 94 valence electrons. The number of hydrogen-bond donors (Lipinski definition) is 0. The van der Waals surface area contributed by atoms with Crippen molar-refractivity contribution in [3.63, 3.8) is 0 Å². The van der Waals surface area contributed by atoms with Crippen molar-refractivity contribution in [2.75, 3.05) is 19.3 Å². The van der Waals surface area contributed by atoms with Gasteiger partial charge in [0.2, 0.25) is 0 Å². The fourth-order valence-electron chi connectivity index (χ4n) is 1.46. The molecular formula is C12H18N2O2S. The van der Waals surface area contributed by atoms with Crippen molar-refractivity contribution in [1.82, 2.24) is 4.90 Å². The molecule has 0 amide bonds. The van der Waals surface area contributed by atoms with Gasteiger partial charge in [-0.1, -0.05) is 0 Å². The number of hydrogen-bond acceptors (Lipinski definition) is 5. The Morgan fingerprint density at radius 1 is 1.53 bits per heavy atom. The lowest BCUT2D eigenvalue weighted by molar-refractivity contribution is -0.149. The van der Waals surface area contributed by atoms with Crippen molar-refractivity contribution < 1.29 is 9.53 Å². The molecule has 17 heavy (non-hydrogen) atoms. The number of nitrogens with zero attached hydrogens (tertiary/aromatic N) is 2. The van der Waals surface area contributed by atoms with E-state index in [4.69, 9.17) is 10.00 Å². The van der Waals surface area contributed by atoms with E-state index in [1.165, 1.54) is 0 Å². The van der Waals surface area contributed by atoms with Gasteiger partial charge in [-0.05, 0) is 27.2 Å². The molecule has 1 aliphatic heterocycles. The SMILES string of the molecule is CN1CCCS/C1=C(/C#N)C(=O)OC(C)(C)C. The molecule has 1 fully saturated rings. The summed E-state index contributed by atoms with van der Waals surface area (Å²) < 4.78 is 5.23. The summed E-state index contributed by atoms with van der Waals surface area (Å²) in [6.45, 7) is 6.25. The Morgan fingerprint density at radius 2 is 2.18 bits per heavy atom. The fraction of sp³-hybridized carbons (Fsp3) is 0.667. The van der Waals surface area contributed by atoms with Gasteiger partial charge in [0, 0.05) is 19.3 Å². The zero-order chi connectivity index (χ0) is 13.1. The molecule has 0 unspecified atom stereocenters. The van der Waals surface area contributed by atoms with Crippen LogP contribution in [0.15, 0.2) is 10.6 Å². The molecule has 1 rings (SSSR count). The van der Waals surface area contributed by atoms with Crippen molar-refractivity contribution in [3.8, 4) is 6.07 Å². The van der Waals surface area contributed by atoms with Gasteiger partial charge in [0.25, 0.3) is 0 Å². The second kappa shape index (κ2) is 5.46. The molecule has 0 radical (unpaired) electrons. The van der Waals surface area contributed by atoms with E-state index in [2.05, 4.69) is 0 Å². The lowest BCUT2D eigenvalue weighted by Crippen LogP contribution is -2.29.